The largest absolute Gasteiger partial charge is 0.508 e. The number of carbonyl (C=O) groups is 1. The van der Waals surface area contributed by atoms with E-state index in [9.17, 15) is 9.90 Å². The van der Waals surface area contributed by atoms with Crippen LogP contribution >= 0.6 is 0 Å². The van der Waals surface area contributed by atoms with Gasteiger partial charge in [-0.25, -0.2) is 9.97 Å². The third-order valence-corrected chi connectivity index (χ3v) is 4.83. The number of hydrogen-bond acceptors (Lipinski definition) is 5. The summed E-state index contributed by atoms with van der Waals surface area (Å²) in [6.07, 6.45) is 5.86. The van der Waals surface area contributed by atoms with Crippen molar-refractivity contribution in [3.63, 3.8) is 0 Å². The molecule has 1 aromatic carbocycles. The predicted octanol–water partition coefficient (Wildman–Crippen LogP) is 3.55. The summed E-state index contributed by atoms with van der Waals surface area (Å²) in [5.41, 5.74) is 3.67. The second kappa shape index (κ2) is 7.34. The molecule has 4 rings (SSSR count). The number of para-hydroxylation sites is 1. The van der Waals surface area contributed by atoms with Crippen molar-refractivity contribution in [2.75, 3.05) is 5.32 Å². The Bertz CT molecular complexity index is 1010. The molecule has 0 radical (unpaired) electrons. The number of anilines is 1. The van der Waals surface area contributed by atoms with Gasteiger partial charge in [0.1, 0.15) is 11.4 Å². The summed E-state index contributed by atoms with van der Waals surface area (Å²) in [5, 5.41) is 16.2. The van der Waals surface area contributed by atoms with Crippen LogP contribution in [0.2, 0.25) is 0 Å². The van der Waals surface area contributed by atoms with Gasteiger partial charge in [-0.2, -0.15) is 0 Å². The highest BCUT2D eigenvalue weighted by molar-refractivity contribution is 5.94. The summed E-state index contributed by atoms with van der Waals surface area (Å²) >= 11 is 0. The molecule has 1 aliphatic rings. The standard InChI is InChI=1S/C21H23N5O2/c1-12-10-23-21(25-15-7-8-15)26-19(12)14-9-17(22-11-14)20(28)24-13(2)16-5-3-4-6-18(16)27/h3-6,9-11,13,15,22,27H,7-8H2,1-2H3,(H,24,28)(H,23,25,26). The quantitative estimate of drug-likeness (QED) is 0.526. The van der Waals surface area contributed by atoms with Crippen LogP contribution in [-0.4, -0.2) is 32.0 Å². The monoisotopic (exact) mass is 377 g/mol. The van der Waals surface area contributed by atoms with E-state index in [1.54, 1.807) is 36.7 Å². The molecule has 3 aromatic rings. The van der Waals surface area contributed by atoms with Crippen LogP contribution in [0.25, 0.3) is 11.3 Å². The second-order valence-corrected chi connectivity index (χ2v) is 7.20. The van der Waals surface area contributed by atoms with E-state index in [4.69, 9.17) is 0 Å². The maximum absolute atomic E-state index is 12.6. The van der Waals surface area contributed by atoms with Crippen LogP contribution in [0.4, 0.5) is 5.95 Å². The molecule has 0 saturated heterocycles. The molecular formula is C21H23N5O2. The van der Waals surface area contributed by atoms with Gasteiger partial charge in [0, 0.05) is 29.6 Å². The number of H-pyrrole nitrogens is 1. The van der Waals surface area contributed by atoms with E-state index in [-0.39, 0.29) is 17.7 Å². The molecule has 7 nitrogen and oxygen atoms in total. The number of aromatic nitrogens is 3. The number of nitrogens with zero attached hydrogens (tertiary/aromatic N) is 2. The van der Waals surface area contributed by atoms with Crippen molar-refractivity contribution in [1.82, 2.24) is 20.3 Å². The fourth-order valence-corrected chi connectivity index (χ4v) is 3.08. The van der Waals surface area contributed by atoms with Crippen molar-refractivity contribution in [2.45, 2.75) is 38.8 Å². The van der Waals surface area contributed by atoms with Gasteiger partial charge < -0.3 is 20.7 Å². The third kappa shape index (κ3) is 3.83. The van der Waals surface area contributed by atoms with Gasteiger partial charge in [-0.15, -0.1) is 0 Å². The molecule has 1 unspecified atom stereocenters. The molecule has 2 heterocycles. The van der Waals surface area contributed by atoms with E-state index in [2.05, 4.69) is 25.6 Å². The third-order valence-electron chi connectivity index (χ3n) is 4.83. The zero-order valence-electron chi connectivity index (χ0n) is 15.9. The SMILES string of the molecule is Cc1cnc(NC2CC2)nc1-c1c[nH]c(C(=O)NC(C)c2ccccc2O)c1. The van der Waals surface area contributed by atoms with Crippen molar-refractivity contribution in [1.29, 1.82) is 0 Å². The van der Waals surface area contributed by atoms with Crippen molar-refractivity contribution in [3.8, 4) is 17.0 Å². The van der Waals surface area contributed by atoms with Crippen molar-refractivity contribution >= 4 is 11.9 Å². The van der Waals surface area contributed by atoms with Gasteiger partial charge >= 0.3 is 0 Å². The Morgan fingerprint density at radius 3 is 2.86 bits per heavy atom. The maximum Gasteiger partial charge on any atom is 0.268 e. The van der Waals surface area contributed by atoms with E-state index in [0.717, 1.165) is 29.7 Å². The number of hydrogen-bond donors (Lipinski definition) is 4. The minimum Gasteiger partial charge on any atom is -0.508 e. The van der Waals surface area contributed by atoms with Crippen LogP contribution in [0.3, 0.4) is 0 Å². The molecule has 4 N–H and O–H groups in total. The average molecular weight is 377 g/mol. The Morgan fingerprint density at radius 2 is 2.11 bits per heavy atom. The van der Waals surface area contributed by atoms with Crippen molar-refractivity contribution in [3.05, 3.63) is 59.5 Å². The minimum atomic E-state index is -0.324. The first-order chi connectivity index (χ1) is 13.5. The molecule has 1 atom stereocenters. The maximum atomic E-state index is 12.6. The van der Waals surface area contributed by atoms with Gasteiger partial charge in [-0.1, -0.05) is 18.2 Å². The number of nitrogens with one attached hydrogen (secondary N) is 3. The molecule has 28 heavy (non-hydrogen) atoms. The number of amides is 1. The lowest BCUT2D eigenvalue weighted by Gasteiger charge is -2.14. The Kier molecular flexibility index (Phi) is 4.73. The molecular weight excluding hydrogens is 354 g/mol. The lowest BCUT2D eigenvalue weighted by atomic mass is 10.1. The molecule has 1 fully saturated rings. The fraction of sp³-hybridized carbons (Fsp3) is 0.286. The topological polar surface area (TPSA) is 103 Å². The summed E-state index contributed by atoms with van der Waals surface area (Å²) in [5.74, 6) is 0.531. The van der Waals surface area contributed by atoms with Crippen LogP contribution in [0, 0.1) is 6.92 Å². The number of aryl methyl sites for hydroxylation is 1. The number of rotatable bonds is 6. The Morgan fingerprint density at radius 1 is 1.32 bits per heavy atom. The first-order valence-corrected chi connectivity index (χ1v) is 9.39. The Hall–Kier alpha value is -3.35. The van der Waals surface area contributed by atoms with Crippen LogP contribution < -0.4 is 10.6 Å². The number of benzene rings is 1. The van der Waals surface area contributed by atoms with Crippen LogP contribution in [0.15, 0.2) is 42.7 Å². The highest BCUT2D eigenvalue weighted by atomic mass is 16.3. The summed E-state index contributed by atoms with van der Waals surface area (Å²) in [4.78, 5) is 24.6. The van der Waals surface area contributed by atoms with E-state index >= 15 is 0 Å². The number of aromatic amines is 1. The van der Waals surface area contributed by atoms with E-state index < -0.39 is 0 Å². The first-order valence-electron chi connectivity index (χ1n) is 9.39. The average Bonchev–Trinajstić information content (AvgIpc) is 3.35. The van der Waals surface area contributed by atoms with E-state index in [1.807, 2.05) is 19.9 Å². The Labute approximate surface area is 163 Å². The first kappa shape index (κ1) is 18.0. The number of phenols is 1. The van der Waals surface area contributed by atoms with Crippen molar-refractivity contribution in [2.24, 2.45) is 0 Å². The van der Waals surface area contributed by atoms with Crippen LogP contribution in [0.5, 0.6) is 5.75 Å². The second-order valence-electron chi connectivity index (χ2n) is 7.20. The minimum absolute atomic E-state index is 0.162. The zero-order chi connectivity index (χ0) is 19.7. The van der Waals surface area contributed by atoms with Crippen molar-refractivity contribution < 1.29 is 9.90 Å². The van der Waals surface area contributed by atoms with Crippen LogP contribution in [0.1, 0.15) is 47.4 Å². The summed E-state index contributed by atoms with van der Waals surface area (Å²) in [7, 11) is 0. The molecule has 144 valence electrons. The van der Waals surface area contributed by atoms with E-state index in [0.29, 0.717) is 23.2 Å². The fourth-order valence-electron chi connectivity index (χ4n) is 3.08. The molecule has 0 bridgehead atoms. The molecule has 1 amide bonds. The zero-order valence-corrected chi connectivity index (χ0v) is 15.9. The van der Waals surface area contributed by atoms with E-state index in [1.165, 1.54) is 0 Å². The molecule has 2 aromatic heterocycles. The van der Waals surface area contributed by atoms with Gasteiger partial charge in [0.15, 0.2) is 0 Å². The Balaban J connectivity index is 1.51. The lowest BCUT2D eigenvalue weighted by molar-refractivity contribution is 0.0935. The molecule has 1 saturated carbocycles. The van der Waals surface area contributed by atoms with Gasteiger partial charge in [0.05, 0.1) is 11.7 Å². The summed E-state index contributed by atoms with van der Waals surface area (Å²) < 4.78 is 0. The van der Waals surface area contributed by atoms with Gasteiger partial charge in [-0.3, -0.25) is 4.79 Å². The normalized spacial score (nSPS) is 14.5. The highest BCUT2D eigenvalue weighted by Gasteiger charge is 2.22. The summed E-state index contributed by atoms with van der Waals surface area (Å²) in [6, 6.07) is 8.91. The number of phenolic OH excluding ortho intramolecular Hbond substituents is 1. The molecule has 0 spiro atoms. The van der Waals surface area contributed by atoms with Crippen LogP contribution in [-0.2, 0) is 0 Å². The molecule has 0 aliphatic heterocycles. The highest BCUT2D eigenvalue weighted by Crippen LogP contribution is 2.27. The van der Waals surface area contributed by atoms with Gasteiger partial charge in [0.25, 0.3) is 5.91 Å². The molecule has 7 heteroatoms. The molecule has 1 aliphatic carbocycles. The van der Waals surface area contributed by atoms with Gasteiger partial charge in [-0.05, 0) is 44.4 Å². The number of aromatic hydroxyl groups is 1. The predicted molar refractivity (Wildman–Crippen MR) is 107 cm³/mol. The summed E-state index contributed by atoms with van der Waals surface area (Å²) in [6.45, 7) is 3.78. The number of carbonyl (C=O) groups excluding carboxylic acids is 1. The smallest absolute Gasteiger partial charge is 0.268 e. The van der Waals surface area contributed by atoms with Gasteiger partial charge in [0.2, 0.25) is 5.95 Å². The lowest BCUT2D eigenvalue weighted by Crippen LogP contribution is -2.26.